The molecule has 1 saturated heterocycles. The third kappa shape index (κ3) is 1.32. The van der Waals surface area contributed by atoms with Gasteiger partial charge in [0.2, 0.25) is 0 Å². The van der Waals surface area contributed by atoms with Crippen molar-refractivity contribution in [2.75, 3.05) is 13.2 Å². The van der Waals surface area contributed by atoms with Gasteiger partial charge in [-0.15, -0.1) is 0 Å². The summed E-state index contributed by atoms with van der Waals surface area (Å²) < 4.78 is 5.46. The molecule has 68 valence electrons. The van der Waals surface area contributed by atoms with Gasteiger partial charge in [0.15, 0.2) is 0 Å². The van der Waals surface area contributed by atoms with Crippen molar-refractivity contribution in [2.24, 2.45) is 5.92 Å². The van der Waals surface area contributed by atoms with Crippen LogP contribution in [0.1, 0.15) is 12.8 Å². The number of hydrogen-bond donors (Lipinski definition) is 2. The Morgan fingerprint density at radius 3 is 3.00 bits per heavy atom. The summed E-state index contributed by atoms with van der Waals surface area (Å²) in [7, 11) is 0. The number of rotatable bonds is 1. The average molecular weight is 171 g/mol. The van der Waals surface area contributed by atoms with Crippen LogP contribution in [-0.4, -0.2) is 36.4 Å². The summed E-state index contributed by atoms with van der Waals surface area (Å²) in [5.74, 6) is -0.889. The fraction of sp³-hybridized carbons (Fsp3) is 0.875. The lowest BCUT2D eigenvalue weighted by Crippen LogP contribution is -2.44. The number of carbonyl (C=O) groups is 1. The van der Waals surface area contributed by atoms with E-state index in [1.165, 1.54) is 0 Å². The van der Waals surface area contributed by atoms with Gasteiger partial charge in [-0.3, -0.25) is 4.79 Å². The van der Waals surface area contributed by atoms with Crippen molar-refractivity contribution in [3.8, 4) is 0 Å². The summed E-state index contributed by atoms with van der Waals surface area (Å²) >= 11 is 0. The molecule has 2 rings (SSSR count). The number of hydrogen-bond acceptors (Lipinski definition) is 3. The highest BCUT2D eigenvalue weighted by molar-refractivity contribution is 5.70. The van der Waals surface area contributed by atoms with E-state index in [1.54, 1.807) is 0 Å². The lowest BCUT2D eigenvalue weighted by molar-refractivity contribution is -0.141. The second kappa shape index (κ2) is 3.03. The van der Waals surface area contributed by atoms with Gasteiger partial charge in [-0.05, 0) is 12.8 Å². The van der Waals surface area contributed by atoms with Gasteiger partial charge in [-0.25, -0.2) is 0 Å². The van der Waals surface area contributed by atoms with E-state index in [1.807, 2.05) is 0 Å². The van der Waals surface area contributed by atoms with Gasteiger partial charge in [0, 0.05) is 12.6 Å². The maximum Gasteiger partial charge on any atom is 0.306 e. The van der Waals surface area contributed by atoms with Crippen molar-refractivity contribution in [2.45, 2.75) is 25.0 Å². The van der Waals surface area contributed by atoms with E-state index < -0.39 is 5.97 Å². The molecule has 2 fully saturated rings. The minimum atomic E-state index is -0.685. The molecule has 4 heteroatoms. The van der Waals surface area contributed by atoms with Crippen molar-refractivity contribution in [3.63, 3.8) is 0 Å². The molecular formula is C8H13NO3. The molecular weight excluding hydrogens is 158 g/mol. The number of nitrogens with one attached hydrogen (secondary N) is 1. The highest BCUT2D eigenvalue weighted by atomic mass is 16.5. The standard InChI is InChI=1S/C8H13NO3/c10-8(11)5-3-6-7(4-5)12-2-1-9-6/h5-7,9H,1-4H2,(H,10,11)/t5?,6-,7+/m0/s1. The molecule has 4 nitrogen and oxygen atoms in total. The smallest absolute Gasteiger partial charge is 0.306 e. The Kier molecular flexibility index (Phi) is 2.02. The molecule has 3 atom stereocenters. The van der Waals surface area contributed by atoms with E-state index in [0.29, 0.717) is 13.0 Å². The van der Waals surface area contributed by atoms with Crippen LogP contribution in [0.25, 0.3) is 0 Å². The summed E-state index contributed by atoms with van der Waals surface area (Å²) in [6.07, 6.45) is 1.53. The van der Waals surface area contributed by atoms with Crippen LogP contribution in [0.5, 0.6) is 0 Å². The zero-order valence-electron chi connectivity index (χ0n) is 6.82. The lowest BCUT2D eigenvalue weighted by atomic mass is 10.1. The minimum absolute atomic E-state index is 0.139. The van der Waals surface area contributed by atoms with Gasteiger partial charge >= 0.3 is 5.97 Å². The van der Waals surface area contributed by atoms with E-state index >= 15 is 0 Å². The Hall–Kier alpha value is -0.610. The summed E-state index contributed by atoms with van der Waals surface area (Å²) in [6.45, 7) is 1.57. The summed E-state index contributed by atoms with van der Waals surface area (Å²) in [5.41, 5.74) is 0. The van der Waals surface area contributed by atoms with Crippen molar-refractivity contribution in [3.05, 3.63) is 0 Å². The Morgan fingerprint density at radius 2 is 2.33 bits per heavy atom. The first kappa shape index (κ1) is 8.01. The van der Waals surface area contributed by atoms with Crippen LogP contribution in [0.15, 0.2) is 0 Å². The first-order valence-electron chi connectivity index (χ1n) is 4.35. The quantitative estimate of drug-likeness (QED) is 0.575. The monoisotopic (exact) mass is 171 g/mol. The van der Waals surface area contributed by atoms with Crippen molar-refractivity contribution in [1.29, 1.82) is 0 Å². The predicted octanol–water partition coefficient (Wildman–Crippen LogP) is -0.162. The molecule has 0 aromatic rings. The summed E-state index contributed by atoms with van der Waals surface area (Å²) in [4.78, 5) is 10.7. The largest absolute Gasteiger partial charge is 0.481 e. The van der Waals surface area contributed by atoms with E-state index in [2.05, 4.69) is 5.32 Å². The van der Waals surface area contributed by atoms with Gasteiger partial charge in [0.1, 0.15) is 0 Å². The van der Waals surface area contributed by atoms with Crippen LogP contribution >= 0.6 is 0 Å². The number of carboxylic acid groups (broad SMARTS) is 1. The summed E-state index contributed by atoms with van der Waals surface area (Å²) in [6, 6.07) is 0.278. The first-order valence-corrected chi connectivity index (χ1v) is 4.35. The Balaban J connectivity index is 1.98. The molecule has 1 unspecified atom stereocenters. The highest BCUT2D eigenvalue weighted by Crippen LogP contribution is 2.29. The van der Waals surface area contributed by atoms with Crippen LogP contribution in [0.2, 0.25) is 0 Å². The fourth-order valence-electron chi connectivity index (χ4n) is 2.05. The third-order valence-electron chi connectivity index (χ3n) is 2.69. The first-order chi connectivity index (χ1) is 5.77. The molecule has 1 heterocycles. The van der Waals surface area contributed by atoms with E-state index in [0.717, 1.165) is 13.0 Å². The van der Waals surface area contributed by atoms with E-state index in [9.17, 15) is 4.79 Å². The Morgan fingerprint density at radius 1 is 1.50 bits per heavy atom. The zero-order chi connectivity index (χ0) is 8.55. The zero-order valence-corrected chi connectivity index (χ0v) is 6.82. The minimum Gasteiger partial charge on any atom is -0.481 e. The van der Waals surface area contributed by atoms with Crippen molar-refractivity contribution < 1.29 is 14.6 Å². The van der Waals surface area contributed by atoms with E-state index in [-0.39, 0.29) is 18.1 Å². The second-order valence-electron chi connectivity index (χ2n) is 3.48. The maximum atomic E-state index is 10.7. The molecule has 2 aliphatic rings. The number of ether oxygens (including phenoxy) is 1. The Labute approximate surface area is 70.9 Å². The van der Waals surface area contributed by atoms with Gasteiger partial charge in [-0.1, -0.05) is 0 Å². The molecule has 0 amide bonds. The molecule has 0 bridgehead atoms. The maximum absolute atomic E-state index is 10.7. The number of morpholine rings is 1. The molecule has 0 radical (unpaired) electrons. The second-order valence-corrected chi connectivity index (χ2v) is 3.48. The van der Waals surface area contributed by atoms with Crippen LogP contribution in [0.3, 0.4) is 0 Å². The fourth-order valence-corrected chi connectivity index (χ4v) is 2.05. The predicted molar refractivity (Wildman–Crippen MR) is 41.9 cm³/mol. The SMILES string of the molecule is O=C(O)C1C[C@@H]2NCCO[C@@H]2C1. The van der Waals surface area contributed by atoms with Crippen molar-refractivity contribution >= 4 is 5.97 Å². The van der Waals surface area contributed by atoms with Crippen LogP contribution in [0.4, 0.5) is 0 Å². The molecule has 12 heavy (non-hydrogen) atoms. The lowest BCUT2D eigenvalue weighted by Gasteiger charge is -2.26. The van der Waals surface area contributed by atoms with Gasteiger partial charge in [0.25, 0.3) is 0 Å². The van der Waals surface area contributed by atoms with Crippen LogP contribution in [-0.2, 0) is 9.53 Å². The molecule has 0 spiro atoms. The number of fused-ring (bicyclic) bond motifs is 1. The normalized spacial score (nSPS) is 40.8. The number of carboxylic acids is 1. The average Bonchev–Trinajstić information content (AvgIpc) is 2.46. The number of aliphatic carboxylic acids is 1. The summed E-state index contributed by atoms with van der Waals surface area (Å²) in [5, 5.41) is 12.1. The molecule has 1 aliphatic heterocycles. The van der Waals surface area contributed by atoms with Crippen LogP contribution in [0, 0.1) is 5.92 Å². The van der Waals surface area contributed by atoms with Crippen molar-refractivity contribution in [1.82, 2.24) is 5.32 Å². The molecule has 0 aromatic carbocycles. The highest BCUT2D eigenvalue weighted by Gasteiger charge is 2.39. The molecule has 1 saturated carbocycles. The van der Waals surface area contributed by atoms with Crippen LogP contribution < -0.4 is 5.32 Å². The van der Waals surface area contributed by atoms with Gasteiger partial charge in [0.05, 0.1) is 18.6 Å². The van der Waals surface area contributed by atoms with E-state index in [4.69, 9.17) is 9.84 Å². The topological polar surface area (TPSA) is 58.6 Å². The van der Waals surface area contributed by atoms with Gasteiger partial charge < -0.3 is 15.2 Å². The molecule has 2 N–H and O–H groups in total. The molecule has 0 aromatic heterocycles. The van der Waals surface area contributed by atoms with Gasteiger partial charge in [-0.2, -0.15) is 0 Å². The Bertz CT molecular complexity index is 181. The third-order valence-corrected chi connectivity index (χ3v) is 2.69. The molecule has 1 aliphatic carbocycles.